The van der Waals surface area contributed by atoms with E-state index in [1.807, 2.05) is 24.3 Å². The van der Waals surface area contributed by atoms with E-state index in [0.29, 0.717) is 5.56 Å². The van der Waals surface area contributed by atoms with Crippen molar-refractivity contribution in [2.75, 3.05) is 0 Å². The van der Waals surface area contributed by atoms with Gasteiger partial charge in [0.15, 0.2) is 0 Å². The van der Waals surface area contributed by atoms with Crippen LogP contribution in [0.15, 0.2) is 156 Å². The van der Waals surface area contributed by atoms with E-state index in [1.165, 1.54) is 10.8 Å². The zero-order valence-electron chi connectivity index (χ0n) is 25.2. The van der Waals surface area contributed by atoms with Crippen LogP contribution in [0.4, 0.5) is 0 Å². The second-order valence-corrected chi connectivity index (χ2v) is 12.0. The molecule has 0 amide bonds. The first-order valence-electron chi connectivity index (χ1n) is 15.8. The van der Waals surface area contributed by atoms with Gasteiger partial charge >= 0.3 is 0 Å². The average Bonchev–Trinajstić information content (AvgIpc) is 3.77. The first-order valence-corrected chi connectivity index (χ1v) is 15.8. The molecule has 0 aliphatic heterocycles. The van der Waals surface area contributed by atoms with Crippen LogP contribution in [0.2, 0.25) is 0 Å². The molecule has 4 heteroatoms. The minimum absolute atomic E-state index is 0.623. The lowest BCUT2D eigenvalue weighted by molar-refractivity contribution is 0.669. The lowest BCUT2D eigenvalue weighted by Crippen LogP contribution is -2.00. The maximum absolute atomic E-state index is 10.5. The Kier molecular flexibility index (Phi) is 5.32. The number of para-hydroxylation sites is 4. The molecule has 47 heavy (non-hydrogen) atoms. The molecule has 4 nitrogen and oxygen atoms in total. The molecule has 0 atom stereocenters. The van der Waals surface area contributed by atoms with Crippen molar-refractivity contribution in [3.8, 4) is 28.6 Å². The van der Waals surface area contributed by atoms with Gasteiger partial charge in [0.05, 0.1) is 39.4 Å². The van der Waals surface area contributed by atoms with Crippen molar-refractivity contribution in [3.63, 3.8) is 0 Å². The smallest absolute Gasteiger partial charge is 0.137 e. The summed E-state index contributed by atoms with van der Waals surface area (Å²) in [6, 6.07) is 55.3. The second-order valence-electron chi connectivity index (χ2n) is 12.0. The summed E-state index contributed by atoms with van der Waals surface area (Å²) in [7, 11) is 0. The van der Waals surface area contributed by atoms with E-state index in [1.54, 1.807) is 0 Å². The molecule has 7 aromatic carbocycles. The van der Waals surface area contributed by atoms with Gasteiger partial charge in [-0.2, -0.15) is 5.26 Å². The van der Waals surface area contributed by atoms with E-state index in [9.17, 15) is 5.26 Å². The first-order chi connectivity index (χ1) is 23.3. The third-order valence-corrected chi connectivity index (χ3v) is 9.55. The number of fused-ring (bicyclic) bond motifs is 9. The molecule has 3 aromatic heterocycles. The number of nitriles is 1. The number of hydrogen-bond acceptors (Lipinski definition) is 2. The Morgan fingerprint density at radius 2 is 1.06 bits per heavy atom. The molecule has 0 radical (unpaired) electrons. The molecular formula is C43H25N3O. The average molecular weight is 600 g/mol. The summed E-state index contributed by atoms with van der Waals surface area (Å²) < 4.78 is 11.0. The summed E-state index contributed by atoms with van der Waals surface area (Å²) in [6.07, 6.45) is 0. The standard InChI is InChI=1S/C43H25N3O/c44-26-28-12-10-21-39(43(28)27-11-9-13-29(23-27)45-36-18-5-1-14-30(36)31-15-2-6-19-37(31)45)46-38-20-7-3-16-32(38)34-24-35-33-17-4-8-22-41(33)47-42(35)25-40(34)46/h1-25H. The number of hydrogen-bond donors (Lipinski definition) is 0. The van der Waals surface area contributed by atoms with Crippen LogP contribution in [0.1, 0.15) is 5.56 Å². The molecule has 3 heterocycles. The molecule has 218 valence electrons. The van der Waals surface area contributed by atoms with Crippen LogP contribution < -0.4 is 0 Å². The highest BCUT2D eigenvalue weighted by Crippen LogP contribution is 2.41. The molecule has 0 aliphatic carbocycles. The van der Waals surface area contributed by atoms with Gasteiger partial charge < -0.3 is 13.6 Å². The molecular weight excluding hydrogens is 574 g/mol. The van der Waals surface area contributed by atoms with E-state index in [-0.39, 0.29) is 0 Å². The summed E-state index contributed by atoms with van der Waals surface area (Å²) in [6.45, 7) is 0. The maximum Gasteiger partial charge on any atom is 0.137 e. The Bertz CT molecular complexity index is 2880. The monoisotopic (exact) mass is 599 g/mol. The van der Waals surface area contributed by atoms with Crippen LogP contribution in [0, 0.1) is 11.3 Å². The summed E-state index contributed by atoms with van der Waals surface area (Å²) in [5.41, 5.74) is 10.6. The minimum atomic E-state index is 0.623. The third kappa shape index (κ3) is 3.63. The summed E-state index contributed by atoms with van der Waals surface area (Å²) in [4.78, 5) is 0. The third-order valence-electron chi connectivity index (χ3n) is 9.55. The molecule has 0 N–H and O–H groups in total. The largest absolute Gasteiger partial charge is 0.456 e. The van der Waals surface area contributed by atoms with Crippen LogP contribution in [0.25, 0.3) is 88.1 Å². The topological polar surface area (TPSA) is 46.8 Å². The zero-order chi connectivity index (χ0) is 31.1. The fourth-order valence-electron chi connectivity index (χ4n) is 7.57. The van der Waals surface area contributed by atoms with E-state index in [4.69, 9.17) is 4.42 Å². The highest BCUT2D eigenvalue weighted by molar-refractivity contribution is 6.17. The van der Waals surface area contributed by atoms with Gasteiger partial charge in [0.2, 0.25) is 0 Å². The number of rotatable bonds is 3. The molecule has 0 bridgehead atoms. The fourth-order valence-corrected chi connectivity index (χ4v) is 7.57. The quantitative estimate of drug-likeness (QED) is 0.203. The van der Waals surface area contributed by atoms with Gasteiger partial charge in [-0.25, -0.2) is 0 Å². The number of nitrogens with zero attached hydrogens (tertiary/aromatic N) is 3. The lowest BCUT2D eigenvalue weighted by Gasteiger charge is -2.17. The van der Waals surface area contributed by atoms with Crippen LogP contribution in [-0.4, -0.2) is 9.13 Å². The Morgan fingerprint density at radius 3 is 1.79 bits per heavy atom. The second kappa shape index (κ2) is 9.71. The number of furan rings is 1. The van der Waals surface area contributed by atoms with E-state index in [0.717, 1.165) is 77.3 Å². The van der Waals surface area contributed by atoms with Gasteiger partial charge in [0.1, 0.15) is 11.2 Å². The predicted octanol–water partition coefficient (Wildman–Crippen LogP) is 11.3. The van der Waals surface area contributed by atoms with Crippen LogP contribution in [0.5, 0.6) is 0 Å². The predicted molar refractivity (Wildman–Crippen MR) is 193 cm³/mol. The molecule has 0 spiro atoms. The molecule has 0 aliphatic rings. The lowest BCUT2D eigenvalue weighted by atomic mass is 9.97. The Balaban J connectivity index is 1.27. The van der Waals surface area contributed by atoms with Gasteiger partial charge in [0, 0.05) is 49.6 Å². The fraction of sp³-hybridized carbons (Fsp3) is 0. The van der Waals surface area contributed by atoms with Crippen molar-refractivity contribution >= 4 is 65.6 Å². The van der Waals surface area contributed by atoms with Crippen molar-refractivity contribution in [3.05, 3.63) is 157 Å². The molecule has 0 unspecified atom stereocenters. The summed E-state index contributed by atoms with van der Waals surface area (Å²) in [5.74, 6) is 0. The van der Waals surface area contributed by atoms with Crippen molar-refractivity contribution in [1.82, 2.24) is 9.13 Å². The van der Waals surface area contributed by atoms with Crippen molar-refractivity contribution in [1.29, 1.82) is 5.26 Å². The zero-order valence-corrected chi connectivity index (χ0v) is 25.2. The van der Waals surface area contributed by atoms with Gasteiger partial charge in [-0.1, -0.05) is 91.0 Å². The SMILES string of the molecule is N#Cc1cccc(-n2c3ccccc3c3cc4c(cc32)oc2ccccc24)c1-c1cccc(-n2c3ccccc3c3ccccc32)c1. The van der Waals surface area contributed by atoms with E-state index in [2.05, 4.69) is 143 Å². The van der Waals surface area contributed by atoms with Crippen molar-refractivity contribution in [2.45, 2.75) is 0 Å². The molecule has 0 saturated heterocycles. The Labute approximate surface area is 269 Å². The number of benzene rings is 7. The van der Waals surface area contributed by atoms with Gasteiger partial charge in [0.25, 0.3) is 0 Å². The Morgan fingerprint density at radius 1 is 0.447 bits per heavy atom. The molecule has 10 rings (SSSR count). The van der Waals surface area contributed by atoms with Gasteiger partial charge in [-0.15, -0.1) is 0 Å². The normalized spacial score (nSPS) is 11.8. The molecule has 10 aromatic rings. The first kappa shape index (κ1) is 25.7. The summed E-state index contributed by atoms with van der Waals surface area (Å²) >= 11 is 0. The highest BCUT2D eigenvalue weighted by Gasteiger charge is 2.21. The van der Waals surface area contributed by atoms with E-state index < -0.39 is 0 Å². The van der Waals surface area contributed by atoms with E-state index >= 15 is 0 Å². The molecule has 0 saturated carbocycles. The maximum atomic E-state index is 10.5. The van der Waals surface area contributed by atoms with Crippen molar-refractivity contribution < 1.29 is 4.42 Å². The van der Waals surface area contributed by atoms with Crippen LogP contribution in [-0.2, 0) is 0 Å². The summed E-state index contributed by atoms with van der Waals surface area (Å²) in [5, 5.41) is 17.4. The van der Waals surface area contributed by atoms with Crippen LogP contribution in [0.3, 0.4) is 0 Å². The Hall–Kier alpha value is -6.57. The minimum Gasteiger partial charge on any atom is -0.456 e. The van der Waals surface area contributed by atoms with Crippen molar-refractivity contribution in [2.24, 2.45) is 0 Å². The number of aromatic nitrogens is 2. The molecule has 0 fully saturated rings. The van der Waals surface area contributed by atoms with Gasteiger partial charge in [-0.3, -0.25) is 0 Å². The van der Waals surface area contributed by atoms with Crippen LogP contribution >= 0.6 is 0 Å². The van der Waals surface area contributed by atoms with Gasteiger partial charge in [-0.05, 0) is 60.2 Å². The highest BCUT2D eigenvalue weighted by atomic mass is 16.3.